The lowest BCUT2D eigenvalue weighted by Gasteiger charge is -2.13. The Morgan fingerprint density at radius 2 is 2.00 bits per heavy atom. The normalized spacial score (nSPS) is 10.5. The van der Waals surface area contributed by atoms with Gasteiger partial charge >= 0.3 is 0 Å². The van der Waals surface area contributed by atoms with Crippen LogP contribution in [-0.4, -0.2) is 7.05 Å². The number of halogens is 3. The highest BCUT2D eigenvalue weighted by molar-refractivity contribution is 6.35. The van der Waals surface area contributed by atoms with E-state index in [1.165, 1.54) is 6.07 Å². The molecular formula is C14H12Cl2FNO. The number of para-hydroxylation sites is 1. The molecule has 0 heterocycles. The van der Waals surface area contributed by atoms with E-state index in [0.29, 0.717) is 27.9 Å². The molecule has 2 rings (SSSR count). The Hall–Kier alpha value is -1.29. The van der Waals surface area contributed by atoms with Crippen molar-refractivity contribution >= 4 is 23.2 Å². The Labute approximate surface area is 121 Å². The van der Waals surface area contributed by atoms with E-state index in [0.717, 1.165) is 0 Å². The molecule has 0 saturated carbocycles. The molecule has 19 heavy (non-hydrogen) atoms. The zero-order valence-corrected chi connectivity index (χ0v) is 11.7. The first-order valence-electron chi connectivity index (χ1n) is 5.66. The summed E-state index contributed by atoms with van der Waals surface area (Å²) in [5, 5.41) is 3.80. The molecule has 0 saturated heterocycles. The first-order chi connectivity index (χ1) is 9.11. The summed E-state index contributed by atoms with van der Waals surface area (Å²) in [5.74, 6) is 0.105. The Balaban J connectivity index is 2.37. The van der Waals surface area contributed by atoms with Crippen molar-refractivity contribution in [1.29, 1.82) is 0 Å². The predicted octanol–water partition coefficient (Wildman–Crippen LogP) is 4.64. The van der Waals surface area contributed by atoms with Crippen LogP contribution in [0.5, 0.6) is 11.5 Å². The minimum atomic E-state index is -0.432. The number of ether oxygens (including phenoxy) is 1. The van der Waals surface area contributed by atoms with E-state index in [1.807, 2.05) is 0 Å². The summed E-state index contributed by atoms with van der Waals surface area (Å²) in [4.78, 5) is 0. The molecule has 0 radical (unpaired) electrons. The zero-order chi connectivity index (χ0) is 13.8. The van der Waals surface area contributed by atoms with E-state index in [-0.39, 0.29) is 5.75 Å². The van der Waals surface area contributed by atoms with Crippen LogP contribution in [0.25, 0.3) is 0 Å². The van der Waals surface area contributed by atoms with Crippen molar-refractivity contribution in [2.24, 2.45) is 0 Å². The van der Waals surface area contributed by atoms with E-state index in [4.69, 9.17) is 27.9 Å². The Morgan fingerprint density at radius 3 is 2.68 bits per heavy atom. The SMILES string of the molecule is CNCc1cccc(F)c1Oc1ccc(Cl)cc1Cl. The van der Waals surface area contributed by atoms with Crippen LogP contribution >= 0.6 is 23.2 Å². The van der Waals surface area contributed by atoms with Crippen LogP contribution in [0.15, 0.2) is 36.4 Å². The van der Waals surface area contributed by atoms with Crippen molar-refractivity contribution in [2.75, 3.05) is 7.05 Å². The number of hydrogen-bond acceptors (Lipinski definition) is 2. The maximum absolute atomic E-state index is 13.8. The third-order valence-electron chi connectivity index (χ3n) is 2.52. The van der Waals surface area contributed by atoms with Crippen LogP contribution in [0, 0.1) is 5.82 Å². The standard InChI is InChI=1S/C14H12Cl2FNO/c1-18-8-9-3-2-4-12(17)14(9)19-13-6-5-10(15)7-11(13)16/h2-7,18H,8H2,1H3. The molecule has 100 valence electrons. The van der Waals surface area contributed by atoms with Gasteiger partial charge in [-0.3, -0.25) is 0 Å². The van der Waals surface area contributed by atoms with E-state index in [2.05, 4.69) is 5.32 Å². The van der Waals surface area contributed by atoms with Gasteiger partial charge < -0.3 is 10.1 Å². The van der Waals surface area contributed by atoms with Crippen LogP contribution in [-0.2, 0) is 6.54 Å². The van der Waals surface area contributed by atoms with Crippen LogP contribution in [0.2, 0.25) is 10.0 Å². The lowest BCUT2D eigenvalue weighted by atomic mass is 10.2. The number of benzene rings is 2. The van der Waals surface area contributed by atoms with Gasteiger partial charge in [-0.15, -0.1) is 0 Å². The molecule has 0 spiro atoms. The predicted molar refractivity (Wildman–Crippen MR) is 75.7 cm³/mol. The molecule has 0 aromatic heterocycles. The summed E-state index contributed by atoms with van der Waals surface area (Å²) in [6.45, 7) is 0.498. The maximum atomic E-state index is 13.8. The number of hydrogen-bond donors (Lipinski definition) is 1. The molecule has 0 unspecified atom stereocenters. The first kappa shape index (κ1) is 14.1. The molecule has 0 aliphatic heterocycles. The van der Waals surface area contributed by atoms with Gasteiger partial charge in [0.2, 0.25) is 0 Å². The fraction of sp³-hybridized carbons (Fsp3) is 0.143. The molecular weight excluding hydrogens is 288 g/mol. The van der Waals surface area contributed by atoms with E-state index >= 15 is 0 Å². The van der Waals surface area contributed by atoms with Gasteiger partial charge in [0.15, 0.2) is 11.6 Å². The summed E-state index contributed by atoms with van der Waals surface area (Å²) < 4.78 is 19.4. The second-order valence-corrected chi connectivity index (χ2v) is 4.78. The smallest absolute Gasteiger partial charge is 0.167 e. The van der Waals surface area contributed by atoms with Crippen molar-refractivity contribution in [3.8, 4) is 11.5 Å². The summed E-state index contributed by atoms with van der Waals surface area (Å²) in [6.07, 6.45) is 0. The van der Waals surface area contributed by atoms with Crippen molar-refractivity contribution in [3.63, 3.8) is 0 Å². The Morgan fingerprint density at radius 1 is 1.21 bits per heavy atom. The van der Waals surface area contributed by atoms with Gasteiger partial charge in [0, 0.05) is 17.1 Å². The fourth-order valence-corrected chi connectivity index (χ4v) is 2.11. The molecule has 0 bridgehead atoms. The van der Waals surface area contributed by atoms with Gasteiger partial charge in [0.1, 0.15) is 5.75 Å². The number of nitrogens with one attached hydrogen (secondary N) is 1. The number of rotatable bonds is 4. The quantitative estimate of drug-likeness (QED) is 0.888. The molecule has 0 aliphatic rings. The molecule has 0 fully saturated rings. The van der Waals surface area contributed by atoms with E-state index < -0.39 is 5.82 Å². The van der Waals surface area contributed by atoms with Gasteiger partial charge in [0.25, 0.3) is 0 Å². The van der Waals surface area contributed by atoms with Gasteiger partial charge in [-0.25, -0.2) is 4.39 Å². The van der Waals surface area contributed by atoms with Gasteiger partial charge in [0.05, 0.1) is 5.02 Å². The highest BCUT2D eigenvalue weighted by atomic mass is 35.5. The maximum Gasteiger partial charge on any atom is 0.167 e. The topological polar surface area (TPSA) is 21.3 Å². The highest BCUT2D eigenvalue weighted by Gasteiger charge is 2.12. The molecule has 0 atom stereocenters. The van der Waals surface area contributed by atoms with Gasteiger partial charge in [-0.2, -0.15) is 0 Å². The van der Waals surface area contributed by atoms with Gasteiger partial charge in [-0.1, -0.05) is 35.3 Å². The molecule has 2 aromatic rings. The van der Waals surface area contributed by atoms with E-state index in [9.17, 15) is 4.39 Å². The van der Waals surface area contributed by atoms with Crippen LogP contribution in [0.1, 0.15) is 5.56 Å². The third-order valence-corrected chi connectivity index (χ3v) is 3.05. The molecule has 5 heteroatoms. The Kier molecular flexibility index (Phi) is 4.64. The monoisotopic (exact) mass is 299 g/mol. The second kappa shape index (κ2) is 6.24. The summed E-state index contributed by atoms with van der Waals surface area (Å²) >= 11 is 11.8. The average molecular weight is 300 g/mol. The Bertz CT molecular complexity index is 590. The average Bonchev–Trinajstić information content (AvgIpc) is 2.36. The van der Waals surface area contributed by atoms with Gasteiger partial charge in [-0.05, 0) is 31.3 Å². The van der Waals surface area contributed by atoms with Crippen LogP contribution < -0.4 is 10.1 Å². The second-order valence-electron chi connectivity index (χ2n) is 3.94. The highest BCUT2D eigenvalue weighted by Crippen LogP contribution is 2.34. The molecule has 0 amide bonds. The lowest BCUT2D eigenvalue weighted by molar-refractivity contribution is 0.435. The van der Waals surface area contributed by atoms with Crippen molar-refractivity contribution < 1.29 is 9.13 Å². The summed E-state index contributed by atoms with van der Waals surface area (Å²) in [7, 11) is 1.78. The van der Waals surface area contributed by atoms with Crippen molar-refractivity contribution in [2.45, 2.75) is 6.54 Å². The first-order valence-corrected chi connectivity index (χ1v) is 6.42. The van der Waals surface area contributed by atoms with Crippen molar-refractivity contribution in [3.05, 3.63) is 57.8 Å². The van der Waals surface area contributed by atoms with Crippen LogP contribution in [0.3, 0.4) is 0 Å². The largest absolute Gasteiger partial charge is 0.452 e. The summed E-state index contributed by atoms with van der Waals surface area (Å²) in [6, 6.07) is 9.58. The minimum Gasteiger partial charge on any atom is -0.452 e. The summed E-state index contributed by atoms with van der Waals surface area (Å²) in [5.41, 5.74) is 0.716. The van der Waals surface area contributed by atoms with Crippen LogP contribution in [0.4, 0.5) is 4.39 Å². The lowest BCUT2D eigenvalue weighted by Crippen LogP contribution is -2.07. The molecule has 1 N–H and O–H groups in total. The molecule has 2 nitrogen and oxygen atoms in total. The molecule has 2 aromatic carbocycles. The zero-order valence-electron chi connectivity index (χ0n) is 10.2. The van der Waals surface area contributed by atoms with E-state index in [1.54, 1.807) is 37.4 Å². The van der Waals surface area contributed by atoms with Crippen molar-refractivity contribution in [1.82, 2.24) is 5.32 Å². The third kappa shape index (κ3) is 3.38. The minimum absolute atomic E-state index is 0.168. The fourth-order valence-electron chi connectivity index (χ4n) is 1.67. The molecule has 0 aliphatic carbocycles.